The Morgan fingerprint density at radius 2 is 1.54 bits per heavy atom. The van der Waals surface area contributed by atoms with Gasteiger partial charge in [0.1, 0.15) is 6.04 Å². The Morgan fingerprint density at radius 1 is 0.838 bits per heavy atom. The molecule has 1 fully saturated rings. The van der Waals surface area contributed by atoms with Gasteiger partial charge in [0.25, 0.3) is 5.91 Å². The van der Waals surface area contributed by atoms with Gasteiger partial charge in [-0.05, 0) is 52.8 Å². The quantitative estimate of drug-likeness (QED) is 0.540. The number of rotatable bonds is 5. The first-order chi connectivity index (χ1) is 18.1. The minimum Gasteiger partial charge on any atom is -0.322 e. The van der Waals surface area contributed by atoms with Crippen molar-refractivity contribution in [3.8, 4) is 0 Å². The van der Waals surface area contributed by atoms with E-state index in [0.29, 0.717) is 18.5 Å². The zero-order valence-corrected chi connectivity index (χ0v) is 20.6. The molecule has 6 nitrogen and oxygen atoms in total. The Bertz CT molecular complexity index is 1340. The highest BCUT2D eigenvalue weighted by molar-refractivity contribution is 6.05. The zero-order chi connectivity index (χ0) is 25.4. The highest BCUT2D eigenvalue weighted by Crippen LogP contribution is 2.35. The lowest BCUT2D eigenvalue weighted by Gasteiger charge is -2.35. The SMILES string of the molecule is O=C1CCC(N2Cc3cc(C4=CCN(C(c5ccccc5)c5ccccc5)CC4)ccc3C2=O)C(=O)N1. The normalized spacial score (nSPS) is 20.1. The summed E-state index contributed by atoms with van der Waals surface area (Å²) in [7, 11) is 0. The number of carbonyl (C=O) groups is 3. The van der Waals surface area contributed by atoms with Crippen LogP contribution >= 0.6 is 0 Å². The smallest absolute Gasteiger partial charge is 0.255 e. The van der Waals surface area contributed by atoms with E-state index in [-0.39, 0.29) is 30.2 Å². The lowest BCUT2D eigenvalue weighted by molar-refractivity contribution is -0.136. The Kier molecular flexibility index (Phi) is 6.18. The van der Waals surface area contributed by atoms with E-state index in [2.05, 4.69) is 83.0 Å². The van der Waals surface area contributed by atoms with Gasteiger partial charge in [-0.15, -0.1) is 0 Å². The monoisotopic (exact) mass is 491 g/mol. The molecule has 0 radical (unpaired) electrons. The van der Waals surface area contributed by atoms with Gasteiger partial charge in [0.2, 0.25) is 11.8 Å². The zero-order valence-electron chi connectivity index (χ0n) is 20.6. The summed E-state index contributed by atoms with van der Waals surface area (Å²) in [5, 5.41) is 2.37. The van der Waals surface area contributed by atoms with Crippen molar-refractivity contribution in [1.82, 2.24) is 15.1 Å². The van der Waals surface area contributed by atoms with E-state index in [4.69, 9.17) is 0 Å². The van der Waals surface area contributed by atoms with Crippen LogP contribution in [0.25, 0.3) is 5.57 Å². The third-order valence-electron chi connectivity index (χ3n) is 7.73. The van der Waals surface area contributed by atoms with Gasteiger partial charge in [-0.1, -0.05) is 72.8 Å². The summed E-state index contributed by atoms with van der Waals surface area (Å²) in [5.41, 5.74) is 6.59. The van der Waals surface area contributed by atoms with Crippen LogP contribution in [0.5, 0.6) is 0 Å². The van der Waals surface area contributed by atoms with Crippen LogP contribution in [0, 0.1) is 0 Å². The molecule has 0 aliphatic carbocycles. The second-order valence-electron chi connectivity index (χ2n) is 9.97. The maximum atomic E-state index is 13.0. The number of nitrogens with one attached hydrogen (secondary N) is 1. The Hall–Kier alpha value is -4.03. The minimum absolute atomic E-state index is 0.131. The average Bonchev–Trinajstić information content (AvgIpc) is 3.26. The summed E-state index contributed by atoms with van der Waals surface area (Å²) >= 11 is 0. The maximum Gasteiger partial charge on any atom is 0.255 e. The molecule has 6 heteroatoms. The molecule has 1 N–H and O–H groups in total. The van der Waals surface area contributed by atoms with E-state index in [0.717, 1.165) is 30.6 Å². The number of imide groups is 1. The summed E-state index contributed by atoms with van der Waals surface area (Å²) in [6.07, 6.45) is 3.86. The van der Waals surface area contributed by atoms with Crippen molar-refractivity contribution < 1.29 is 14.4 Å². The molecule has 3 aromatic rings. The van der Waals surface area contributed by atoms with E-state index < -0.39 is 6.04 Å². The molecule has 0 spiro atoms. The first-order valence-corrected chi connectivity index (χ1v) is 12.9. The van der Waals surface area contributed by atoms with Gasteiger partial charge >= 0.3 is 0 Å². The highest BCUT2D eigenvalue weighted by atomic mass is 16.2. The van der Waals surface area contributed by atoms with Crippen molar-refractivity contribution in [3.05, 3.63) is 113 Å². The van der Waals surface area contributed by atoms with Crippen LogP contribution in [0.15, 0.2) is 84.9 Å². The summed E-state index contributed by atoms with van der Waals surface area (Å²) in [4.78, 5) is 41.0. The van der Waals surface area contributed by atoms with Crippen molar-refractivity contribution in [2.24, 2.45) is 0 Å². The second-order valence-corrected chi connectivity index (χ2v) is 9.97. The van der Waals surface area contributed by atoms with Crippen molar-refractivity contribution >= 4 is 23.3 Å². The molecule has 37 heavy (non-hydrogen) atoms. The molecule has 1 unspecified atom stereocenters. The fourth-order valence-corrected chi connectivity index (χ4v) is 5.84. The molecule has 0 bridgehead atoms. The van der Waals surface area contributed by atoms with Gasteiger partial charge < -0.3 is 4.90 Å². The van der Waals surface area contributed by atoms with E-state index in [9.17, 15) is 14.4 Å². The molecule has 1 atom stereocenters. The second kappa shape index (κ2) is 9.79. The molecule has 3 aliphatic rings. The molecule has 0 saturated carbocycles. The van der Waals surface area contributed by atoms with Gasteiger partial charge in [-0.2, -0.15) is 0 Å². The van der Waals surface area contributed by atoms with Crippen LogP contribution in [-0.2, 0) is 16.1 Å². The first-order valence-electron chi connectivity index (χ1n) is 12.9. The third kappa shape index (κ3) is 4.49. The number of hydrogen-bond donors (Lipinski definition) is 1. The summed E-state index contributed by atoms with van der Waals surface area (Å²) in [5.74, 6) is -0.778. The van der Waals surface area contributed by atoms with Crippen LogP contribution < -0.4 is 5.32 Å². The van der Waals surface area contributed by atoms with Crippen molar-refractivity contribution in [3.63, 3.8) is 0 Å². The predicted octanol–water partition coefficient (Wildman–Crippen LogP) is 4.33. The molecule has 1 saturated heterocycles. The van der Waals surface area contributed by atoms with E-state index in [1.54, 1.807) is 4.90 Å². The number of fused-ring (bicyclic) bond motifs is 1. The summed E-state index contributed by atoms with van der Waals surface area (Å²) in [6.45, 7) is 2.17. The Morgan fingerprint density at radius 3 is 2.16 bits per heavy atom. The summed E-state index contributed by atoms with van der Waals surface area (Å²) in [6, 6.07) is 26.9. The lowest BCUT2D eigenvalue weighted by atomic mass is 9.92. The third-order valence-corrected chi connectivity index (χ3v) is 7.73. The van der Waals surface area contributed by atoms with E-state index in [1.165, 1.54) is 16.7 Å². The number of benzene rings is 3. The van der Waals surface area contributed by atoms with Crippen molar-refractivity contribution in [2.75, 3.05) is 13.1 Å². The molecular weight excluding hydrogens is 462 g/mol. The largest absolute Gasteiger partial charge is 0.322 e. The predicted molar refractivity (Wildman–Crippen MR) is 141 cm³/mol. The highest BCUT2D eigenvalue weighted by Gasteiger charge is 2.39. The number of amides is 3. The minimum atomic E-state index is -0.587. The molecule has 6 rings (SSSR count). The molecule has 3 heterocycles. The van der Waals surface area contributed by atoms with Crippen LogP contribution in [0.3, 0.4) is 0 Å². The first kappa shape index (κ1) is 23.4. The van der Waals surface area contributed by atoms with Crippen molar-refractivity contribution in [1.29, 1.82) is 0 Å². The number of carbonyl (C=O) groups excluding carboxylic acids is 3. The van der Waals surface area contributed by atoms with Gasteiger partial charge in [-0.25, -0.2) is 0 Å². The maximum absolute atomic E-state index is 13.0. The molecule has 3 aliphatic heterocycles. The van der Waals surface area contributed by atoms with E-state index in [1.807, 2.05) is 12.1 Å². The fraction of sp³-hybridized carbons (Fsp3) is 0.258. The number of hydrogen-bond acceptors (Lipinski definition) is 4. The number of piperidine rings is 1. The Labute approximate surface area is 216 Å². The van der Waals surface area contributed by atoms with Gasteiger partial charge in [0.15, 0.2) is 0 Å². The topological polar surface area (TPSA) is 69.7 Å². The van der Waals surface area contributed by atoms with E-state index >= 15 is 0 Å². The lowest BCUT2D eigenvalue weighted by Crippen LogP contribution is -2.52. The van der Waals surface area contributed by atoms with Gasteiger partial charge in [0.05, 0.1) is 6.04 Å². The molecule has 0 aromatic heterocycles. The molecule has 3 amide bonds. The van der Waals surface area contributed by atoms with Crippen molar-refractivity contribution in [2.45, 2.75) is 37.9 Å². The average molecular weight is 492 g/mol. The van der Waals surface area contributed by atoms with Crippen LogP contribution in [0.1, 0.15) is 57.9 Å². The standard InChI is InChI=1S/C31H29N3O3/c35-28-14-13-27(30(36)32-28)34-20-25-19-24(11-12-26(25)31(34)37)21-15-17-33(18-16-21)29(22-7-3-1-4-8-22)23-9-5-2-6-10-23/h1-12,15,19,27,29H,13-14,16-18,20H2,(H,32,35,36). The Balaban J connectivity index is 1.21. The van der Waals surface area contributed by atoms with Crippen LogP contribution in [0.2, 0.25) is 0 Å². The van der Waals surface area contributed by atoms with Crippen LogP contribution in [0.4, 0.5) is 0 Å². The van der Waals surface area contributed by atoms with Gasteiger partial charge in [0, 0.05) is 31.6 Å². The molecule has 186 valence electrons. The van der Waals surface area contributed by atoms with Crippen LogP contribution in [-0.4, -0.2) is 46.7 Å². The molecular formula is C31H29N3O3. The van der Waals surface area contributed by atoms with Gasteiger partial charge in [-0.3, -0.25) is 24.6 Å². The summed E-state index contributed by atoms with van der Waals surface area (Å²) < 4.78 is 0. The molecule has 3 aromatic carbocycles. The fourth-order valence-electron chi connectivity index (χ4n) is 5.84. The number of nitrogens with zero attached hydrogens (tertiary/aromatic N) is 2.